The van der Waals surface area contributed by atoms with Gasteiger partial charge in [0.05, 0.1) is 17.6 Å². The molecule has 0 fully saturated rings. The van der Waals surface area contributed by atoms with Gasteiger partial charge in [0.15, 0.2) is 0 Å². The summed E-state index contributed by atoms with van der Waals surface area (Å²) in [7, 11) is 1.58. The molecule has 0 bridgehead atoms. The van der Waals surface area contributed by atoms with Gasteiger partial charge in [-0.1, -0.05) is 6.92 Å². The van der Waals surface area contributed by atoms with Gasteiger partial charge < -0.3 is 10.1 Å². The molecule has 0 spiro atoms. The molecule has 2 rings (SSSR count). The van der Waals surface area contributed by atoms with Crippen LogP contribution in [0.25, 0.3) is 0 Å². The monoisotopic (exact) mass is 375 g/mol. The van der Waals surface area contributed by atoms with Gasteiger partial charge in [-0.15, -0.1) is 11.3 Å². The molecule has 114 valence electrons. The minimum absolute atomic E-state index is 0.127. The van der Waals surface area contributed by atoms with Crippen LogP contribution in [0.1, 0.15) is 29.8 Å². The van der Waals surface area contributed by atoms with Gasteiger partial charge >= 0.3 is 0 Å². The Kier molecular flexibility index (Phi) is 5.72. The summed E-state index contributed by atoms with van der Waals surface area (Å²) >= 11 is 4.46. The van der Waals surface area contributed by atoms with Crippen molar-refractivity contribution in [2.45, 2.75) is 19.4 Å². The van der Waals surface area contributed by atoms with Crippen molar-refractivity contribution in [3.05, 3.63) is 50.1 Å². The molecule has 0 aliphatic heterocycles. The molecule has 6 heteroatoms. The maximum absolute atomic E-state index is 14.2. The summed E-state index contributed by atoms with van der Waals surface area (Å²) in [6.45, 7) is 2.74. The van der Waals surface area contributed by atoms with Crippen LogP contribution in [0.4, 0.5) is 8.78 Å². The minimum atomic E-state index is -0.474. The van der Waals surface area contributed by atoms with Crippen LogP contribution in [0.2, 0.25) is 0 Å². The Morgan fingerprint density at radius 3 is 2.67 bits per heavy atom. The predicted octanol–water partition coefficient (Wildman–Crippen LogP) is 4.89. The van der Waals surface area contributed by atoms with Gasteiger partial charge in [0.2, 0.25) is 0 Å². The van der Waals surface area contributed by atoms with Crippen molar-refractivity contribution < 1.29 is 13.5 Å². The zero-order chi connectivity index (χ0) is 15.4. The fourth-order valence-corrected chi connectivity index (χ4v) is 3.27. The van der Waals surface area contributed by atoms with Gasteiger partial charge in [0, 0.05) is 15.8 Å². The van der Waals surface area contributed by atoms with Crippen molar-refractivity contribution in [3.8, 4) is 5.75 Å². The van der Waals surface area contributed by atoms with Crippen molar-refractivity contribution in [1.29, 1.82) is 0 Å². The molecular formula is C15H16BrF2NOS. The average molecular weight is 376 g/mol. The van der Waals surface area contributed by atoms with Gasteiger partial charge in [0.25, 0.3) is 0 Å². The van der Waals surface area contributed by atoms with Crippen molar-refractivity contribution in [2.24, 2.45) is 0 Å². The highest BCUT2D eigenvalue weighted by molar-refractivity contribution is 9.10. The highest BCUT2D eigenvalue weighted by Crippen LogP contribution is 2.33. The Labute approximate surface area is 135 Å². The highest BCUT2D eigenvalue weighted by Gasteiger charge is 2.21. The molecule has 1 aromatic heterocycles. The van der Waals surface area contributed by atoms with Crippen LogP contribution in [-0.4, -0.2) is 13.7 Å². The normalized spacial score (nSPS) is 12.4. The first-order valence-electron chi connectivity index (χ1n) is 6.57. The van der Waals surface area contributed by atoms with E-state index in [1.165, 1.54) is 17.4 Å². The Morgan fingerprint density at radius 2 is 2.05 bits per heavy atom. The molecule has 1 atom stereocenters. The van der Waals surface area contributed by atoms with Crippen LogP contribution in [0.15, 0.2) is 28.1 Å². The first-order valence-corrected chi connectivity index (χ1v) is 8.24. The fraction of sp³-hybridized carbons (Fsp3) is 0.333. The Morgan fingerprint density at radius 1 is 1.29 bits per heavy atom. The third-order valence-electron chi connectivity index (χ3n) is 3.06. The first kappa shape index (κ1) is 16.4. The minimum Gasteiger partial charge on any atom is -0.496 e. The van der Waals surface area contributed by atoms with Crippen LogP contribution in [0.3, 0.4) is 0 Å². The number of halogens is 3. The van der Waals surface area contributed by atoms with Gasteiger partial charge in [-0.2, -0.15) is 0 Å². The first-order chi connectivity index (χ1) is 10.1. The molecule has 1 aromatic carbocycles. The quantitative estimate of drug-likeness (QED) is 0.725. The summed E-state index contributed by atoms with van der Waals surface area (Å²) in [5.74, 6) is -0.196. The molecule has 1 unspecified atom stereocenters. The topological polar surface area (TPSA) is 21.3 Å². The van der Waals surface area contributed by atoms with Gasteiger partial charge in [-0.25, -0.2) is 8.78 Å². The van der Waals surface area contributed by atoms with E-state index in [1.807, 2.05) is 18.4 Å². The predicted molar refractivity (Wildman–Crippen MR) is 85.1 cm³/mol. The second kappa shape index (κ2) is 7.33. The number of hydrogen-bond donors (Lipinski definition) is 1. The van der Waals surface area contributed by atoms with Crippen molar-refractivity contribution >= 4 is 27.3 Å². The van der Waals surface area contributed by atoms with Crippen LogP contribution >= 0.6 is 27.3 Å². The molecule has 0 radical (unpaired) electrons. The Balaban J connectivity index is 2.42. The summed E-state index contributed by atoms with van der Waals surface area (Å²) < 4.78 is 33.3. The van der Waals surface area contributed by atoms with Crippen LogP contribution < -0.4 is 10.1 Å². The molecule has 1 heterocycles. The average Bonchev–Trinajstić information content (AvgIpc) is 2.93. The number of hydrogen-bond acceptors (Lipinski definition) is 3. The van der Waals surface area contributed by atoms with Crippen LogP contribution in [-0.2, 0) is 0 Å². The summed E-state index contributed by atoms with van der Waals surface area (Å²) in [5, 5.41) is 5.11. The standard InChI is InChI=1S/C15H16BrF2NOS/c1-3-4-19-15(14-5-9(20-2)8-21-14)10-6-13(18)11(16)7-12(10)17/h5-8,15,19H,3-4H2,1-2H3. The number of rotatable bonds is 6. The summed E-state index contributed by atoms with van der Waals surface area (Å²) in [5.41, 5.74) is 0.300. The maximum atomic E-state index is 14.2. The molecule has 0 amide bonds. The zero-order valence-electron chi connectivity index (χ0n) is 11.8. The number of benzene rings is 1. The summed E-state index contributed by atoms with van der Waals surface area (Å²) in [6.07, 6.45) is 0.902. The number of thiophene rings is 1. The van der Waals surface area contributed by atoms with Crippen LogP contribution in [0.5, 0.6) is 5.75 Å². The highest BCUT2D eigenvalue weighted by atomic mass is 79.9. The summed E-state index contributed by atoms with van der Waals surface area (Å²) in [6, 6.07) is 3.85. The molecule has 2 nitrogen and oxygen atoms in total. The molecule has 2 aromatic rings. The number of nitrogens with one attached hydrogen (secondary N) is 1. The summed E-state index contributed by atoms with van der Waals surface area (Å²) in [4.78, 5) is 0.890. The fourth-order valence-electron chi connectivity index (χ4n) is 2.00. The molecule has 1 N–H and O–H groups in total. The third kappa shape index (κ3) is 3.81. The zero-order valence-corrected chi connectivity index (χ0v) is 14.2. The van der Waals surface area contributed by atoms with Crippen molar-refractivity contribution in [2.75, 3.05) is 13.7 Å². The van der Waals surface area contributed by atoms with E-state index in [0.717, 1.165) is 23.1 Å². The molecule has 0 aliphatic rings. The molecular weight excluding hydrogens is 360 g/mol. The second-order valence-electron chi connectivity index (χ2n) is 4.56. The van der Waals surface area contributed by atoms with E-state index < -0.39 is 11.6 Å². The Bertz CT molecular complexity index is 618. The van der Waals surface area contributed by atoms with E-state index in [1.54, 1.807) is 7.11 Å². The van der Waals surface area contributed by atoms with Crippen molar-refractivity contribution in [3.63, 3.8) is 0 Å². The van der Waals surface area contributed by atoms with E-state index >= 15 is 0 Å². The molecule has 0 saturated carbocycles. The van der Waals surface area contributed by atoms with E-state index in [-0.39, 0.29) is 10.5 Å². The van der Waals surface area contributed by atoms with E-state index in [4.69, 9.17) is 4.74 Å². The van der Waals surface area contributed by atoms with Gasteiger partial charge in [-0.3, -0.25) is 0 Å². The third-order valence-corrected chi connectivity index (χ3v) is 4.65. The smallest absolute Gasteiger partial charge is 0.137 e. The van der Waals surface area contributed by atoms with Crippen molar-refractivity contribution in [1.82, 2.24) is 5.32 Å². The molecule has 21 heavy (non-hydrogen) atoms. The van der Waals surface area contributed by atoms with E-state index in [2.05, 4.69) is 21.2 Å². The number of methoxy groups -OCH3 is 1. The number of ether oxygens (including phenoxy) is 1. The van der Waals surface area contributed by atoms with Crippen LogP contribution in [0, 0.1) is 11.6 Å². The Hall–Kier alpha value is -0.980. The van der Waals surface area contributed by atoms with Gasteiger partial charge in [0.1, 0.15) is 17.4 Å². The lowest BCUT2D eigenvalue weighted by Crippen LogP contribution is -2.23. The lowest BCUT2D eigenvalue weighted by molar-refractivity contribution is 0.416. The maximum Gasteiger partial charge on any atom is 0.137 e. The lowest BCUT2D eigenvalue weighted by Gasteiger charge is -2.18. The van der Waals surface area contributed by atoms with E-state index in [0.29, 0.717) is 12.1 Å². The van der Waals surface area contributed by atoms with E-state index in [9.17, 15) is 8.78 Å². The molecule has 0 aliphatic carbocycles. The second-order valence-corrected chi connectivity index (χ2v) is 6.36. The van der Waals surface area contributed by atoms with Gasteiger partial charge in [-0.05, 0) is 47.1 Å². The SMILES string of the molecule is CCCNC(c1cc(OC)cs1)c1cc(F)c(Br)cc1F. The molecule has 0 saturated heterocycles. The largest absolute Gasteiger partial charge is 0.496 e. The lowest BCUT2D eigenvalue weighted by atomic mass is 10.0.